The van der Waals surface area contributed by atoms with E-state index in [-0.39, 0.29) is 0 Å². The smallest absolute Gasteiger partial charge is 0.227 e. The van der Waals surface area contributed by atoms with Gasteiger partial charge in [-0.15, -0.1) is 0 Å². The molecule has 29 heavy (non-hydrogen) atoms. The van der Waals surface area contributed by atoms with Crippen LogP contribution in [-0.2, 0) is 0 Å². The number of hydrogen-bond acceptors (Lipinski definition) is 2. The van der Waals surface area contributed by atoms with Crippen LogP contribution in [0.15, 0.2) is 10.2 Å². The van der Waals surface area contributed by atoms with Gasteiger partial charge in [-0.3, -0.25) is 0 Å². The lowest BCUT2D eigenvalue weighted by Crippen LogP contribution is -2.65. The van der Waals surface area contributed by atoms with Crippen molar-refractivity contribution >= 4 is 0 Å². The summed E-state index contributed by atoms with van der Waals surface area (Å²) in [7, 11) is 0. The fourth-order valence-electron chi connectivity index (χ4n) is 1.95. The van der Waals surface area contributed by atoms with Crippen LogP contribution >= 0.6 is 0 Å². The number of azide groups is 2. The van der Waals surface area contributed by atoms with E-state index in [1.54, 1.807) is 4.91 Å². The van der Waals surface area contributed by atoms with Crippen LogP contribution in [0, 0.1) is 0 Å². The van der Waals surface area contributed by atoms with Crippen LogP contribution in [0.25, 0.3) is 20.9 Å². The highest BCUT2D eigenvalue weighted by Crippen LogP contribution is 2.57. The zero-order valence-electron chi connectivity index (χ0n) is 13.8. The molecule has 0 fully saturated rings. The summed E-state index contributed by atoms with van der Waals surface area (Å²) >= 11 is 0. The molecule has 0 amide bonds. The second kappa shape index (κ2) is 8.65. The van der Waals surface area contributed by atoms with Gasteiger partial charge in [-0.2, -0.15) is 48.3 Å². The Kier molecular flexibility index (Phi) is 7.99. The van der Waals surface area contributed by atoms with Gasteiger partial charge >= 0.3 is 29.9 Å². The molecule has 0 aliphatic heterocycles. The number of alkyl halides is 12. The van der Waals surface area contributed by atoms with Gasteiger partial charge in [-0.05, 0) is 11.1 Å². The van der Waals surface area contributed by atoms with Crippen molar-refractivity contribution in [2.45, 2.75) is 54.8 Å². The zero-order valence-corrected chi connectivity index (χ0v) is 13.8. The number of nitrogens with zero attached hydrogens (tertiary/aromatic N) is 6. The average molecular weight is 454 g/mol. The SMILES string of the molecule is [N-]=[N+]=NCCC(F)(F)C(F)(F)CC(F)(F)C(F)(F)C(F)(CCN=[N+]=[N-])C(F)(F)F. The Bertz CT molecular complexity index is 664. The first-order valence-corrected chi connectivity index (χ1v) is 7.11. The van der Waals surface area contributed by atoms with Gasteiger partial charge in [-0.25, -0.2) is 4.39 Å². The quantitative estimate of drug-likeness (QED) is 0.146. The third-order valence-corrected chi connectivity index (χ3v) is 3.59. The van der Waals surface area contributed by atoms with Gasteiger partial charge in [0.1, 0.15) is 0 Å². The molecule has 0 saturated carbocycles. The molecule has 0 aromatic rings. The normalized spacial score (nSPS) is 15.9. The third kappa shape index (κ3) is 5.44. The van der Waals surface area contributed by atoms with Gasteiger partial charge in [0.25, 0.3) is 5.67 Å². The molecule has 0 aliphatic carbocycles. The Morgan fingerprint density at radius 1 is 0.586 bits per heavy atom. The highest BCUT2D eigenvalue weighted by molar-refractivity contribution is 5.09. The monoisotopic (exact) mass is 454 g/mol. The zero-order chi connectivity index (χ0) is 23.4. The predicted octanol–water partition coefficient (Wildman–Crippen LogP) is 6.59. The van der Waals surface area contributed by atoms with Crippen molar-refractivity contribution in [3.63, 3.8) is 0 Å². The van der Waals surface area contributed by atoms with E-state index >= 15 is 0 Å². The van der Waals surface area contributed by atoms with Crippen LogP contribution in [-0.4, -0.2) is 48.6 Å². The lowest BCUT2D eigenvalue weighted by atomic mass is 9.85. The van der Waals surface area contributed by atoms with Crippen molar-refractivity contribution in [3.8, 4) is 0 Å². The Hall–Kier alpha value is -2.22. The standard InChI is InChI=1S/C11H10F12N6/c12-6(11(21,22)23,1-3-26-28-24)10(19,20)9(17,18)5-8(15,16)7(13,14)2-4-27-29-25/h1-5H2. The van der Waals surface area contributed by atoms with Crippen LogP contribution in [0.2, 0.25) is 0 Å². The topological polar surface area (TPSA) is 97.5 Å². The van der Waals surface area contributed by atoms with E-state index < -0.39 is 67.9 Å². The maximum absolute atomic E-state index is 14.0. The van der Waals surface area contributed by atoms with E-state index in [2.05, 4.69) is 10.2 Å². The predicted molar refractivity (Wildman–Crippen MR) is 71.6 cm³/mol. The lowest BCUT2D eigenvalue weighted by molar-refractivity contribution is -0.367. The van der Waals surface area contributed by atoms with E-state index in [1.165, 1.54) is 0 Å². The van der Waals surface area contributed by atoms with Crippen molar-refractivity contribution < 1.29 is 52.7 Å². The van der Waals surface area contributed by atoms with Crippen molar-refractivity contribution in [2.24, 2.45) is 10.2 Å². The molecule has 0 rings (SSSR count). The van der Waals surface area contributed by atoms with Gasteiger partial charge in [0, 0.05) is 35.8 Å². The number of hydrogen-bond donors (Lipinski definition) is 0. The first-order valence-electron chi connectivity index (χ1n) is 7.11. The summed E-state index contributed by atoms with van der Waals surface area (Å²) in [5, 5.41) is 4.69. The van der Waals surface area contributed by atoms with E-state index in [0.29, 0.717) is 0 Å². The molecule has 0 radical (unpaired) electrons. The molecule has 168 valence electrons. The van der Waals surface area contributed by atoms with Crippen LogP contribution in [0.3, 0.4) is 0 Å². The van der Waals surface area contributed by atoms with Crippen molar-refractivity contribution in [2.75, 3.05) is 13.1 Å². The summed E-state index contributed by atoms with van der Waals surface area (Å²) in [5.41, 5.74) is 9.52. The molecule has 0 aliphatic rings. The van der Waals surface area contributed by atoms with Gasteiger partial charge in [0.2, 0.25) is 0 Å². The van der Waals surface area contributed by atoms with E-state index in [9.17, 15) is 52.7 Å². The molecule has 1 atom stereocenters. The number of halogens is 12. The van der Waals surface area contributed by atoms with Crippen molar-refractivity contribution in [1.29, 1.82) is 0 Å². The molecule has 6 nitrogen and oxygen atoms in total. The Morgan fingerprint density at radius 3 is 1.38 bits per heavy atom. The van der Waals surface area contributed by atoms with Crippen LogP contribution in [0.4, 0.5) is 52.7 Å². The Labute approximate surface area is 153 Å². The van der Waals surface area contributed by atoms with Gasteiger partial charge < -0.3 is 0 Å². The highest BCUT2D eigenvalue weighted by Gasteiger charge is 2.81. The minimum atomic E-state index is -6.95. The van der Waals surface area contributed by atoms with Crippen LogP contribution < -0.4 is 0 Å². The first kappa shape index (κ1) is 26.8. The molecule has 1 unspecified atom stereocenters. The minimum absolute atomic E-state index is 1.39. The fourth-order valence-corrected chi connectivity index (χ4v) is 1.95. The van der Waals surface area contributed by atoms with E-state index in [1.807, 2.05) is 4.91 Å². The molecule has 0 N–H and O–H groups in total. The van der Waals surface area contributed by atoms with Crippen LogP contribution in [0.5, 0.6) is 0 Å². The fraction of sp³-hybridized carbons (Fsp3) is 1.00. The minimum Gasteiger partial charge on any atom is -0.227 e. The molecule has 0 heterocycles. The summed E-state index contributed by atoms with van der Waals surface area (Å²) in [5.74, 6) is -25.1. The average Bonchev–Trinajstić information content (AvgIpc) is 2.52. The molecule has 18 heteroatoms. The molecule has 0 aromatic heterocycles. The summed E-state index contributed by atoms with van der Waals surface area (Å²) in [4.78, 5) is 3.70. The summed E-state index contributed by atoms with van der Waals surface area (Å²) in [6.07, 6.45) is -15.3. The Balaban J connectivity index is 6.02. The molecule has 0 aromatic carbocycles. The van der Waals surface area contributed by atoms with E-state index in [0.717, 1.165) is 0 Å². The van der Waals surface area contributed by atoms with Crippen molar-refractivity contribution in [3.05, 3.63) is 20.9 Å². The maximum atomic E-state index is 14.0. The largest absolute Gasteiger partial charge is 0.428 e. The summed E-state index contributed by atoms with van der Waals surface area (Å²) in [6.45, 7) is -3.11. The molecular weight excluding hydrogens is 444 g/mol. The van der Waals surface area contributed by atoms with Crippen molar-refractivity contribution in [1.82, 2.24) is 0 Å². The number of rotatable bonds is 11. The Morgan fingerprint density at radius 2 is 1.00 bits per heavy atom. The van der Waals surface area contributed by atoms with Gasteiger partial charge in [-0.1, -0.05) is 10.2 Å². The highest BCUT2D eigenvalue weighted by atomic mass is 19.4. The van der Waals surface area contributed by atoms with Gasteiger partial charge in [0.15, 0.2) is 0 Å². The third-order valence-electron chi connectivity index (χ3n) is 3.59. The second-order valence-corrected chi connectivity index (χ2v) is 5.57. The molecule has 0 saturated heterocycles. The summed E-state index contributed by atoms with van der Waals surface area (Å²) < 4.78 is 161. The van der Waals surface area contributed by atoms with E-state index in [4.69, 9.17) is 11.1 Å². The lowest BCUT2D eigenvalue weighted by Gasteiger charge is -2.40. The first-order chi connectivity index (χ1) is 12.8. The summed E-state index contributed by atoms with van der Waals surface area (Å²) in [6, 6.07) is 0. The van der Waals surface area contributed by atoms with Crippen LogP contribution in [0.1, 0.15) is 19.3 Å². The molecule has 0 spiro atoms. The second-order valence-electron chi connectivity index (χ2n) is 5.57. The molecule has 0 bridgehead atoms. The maximum Gasteiger partial charge on any atom is 0.428 e. The molecular formula is C11H10F12N6. The van der Waals surface area contributed by atoms with Gasteiger partial charge in [0.05, 0.1) is 6.42 Å².